The predicted molar refractivity (Wildman–Crippen MR) is 92.5 cm³/mol. The van der Waals surface area contributed by atoms with Crippen LogP contribution >= 0.6 is 11.9 Å². The number of hydrogen-bond acceptors (Lipinski definition) is 5. The Labute approximate surface area is 149 Å². The summed E-state index contributed by atoms with van der Waals surface area (Å²) in [6.45, 7) is 7.19. The van der Waals surface area contributed by atoms with E-state index in [1.165, 1.54) is 11.8 Å². The SMILES string of the molecule is C=C(C)CN1C(=O)C(NC(C)=O)C1SN1C(=O)c2ccccc2C1=O. The number of carbonyl (C=O) groups is 4. The summed E-state index contributed by atoms with van der Waals surface area (Å²) in [6, 6.07) is 5.81. The molecule has 1 aromatic rings. The second-order valence-corrected chi connectivity index (χ2v) is 7.11. The molecule has 3 rings (SSSR count). The third-order valence-corrected chi connectivity index (χ3v) is 5.20. The Hall–Kier alpha value is -2.61. The molecule has 1 saturated heterocycles. The summed E-state index contributed by atoms with van der Waals surface area (Å²) in [4.78, 5) is 50.1. The van der Waals surface area contributed by atoms with Crippen LogP contribution in [0.2, 0.25) is 0 Å². The molecule has 0 saturated carbocycles. The number of benzene rings is 1. The zero-order chi connectivity index (χ0) is 18.3. The Morgan fingerprint density at radius 1 is 1.16 bits per heavy atom. The number of imide groups is 1. The molecule has 0 bridgehead atoms. The van der Waals surface area contributed by atoms with Crippen molar-refractivity contribution in [3.63, 3.8) is 0 Å². The molecular weight excluding hydrogens is 342 g/mol. The van der Waals surface area contributed by atoms with Gasteiger partial charge in [-0.2, -0.15) is 0 Å². The minimum atomic E-state index is -0.772. The summed E-state index contributed by atoms with van der Waals surface area (Å²) in [7, 11) is 0. The Balaban J connectivity index is 1.82. The molecule has 2 aliphatic rings. The number of nitrogens with zero attached hydrogens (tertiary/aromatic N) is 2. The molecule has 0 aliphatic carbocycles. The first-order chi connectivity index (χ1) is 11.8. The minimum absolute atomic E-state index is 0.257. The van der Waals surface area contributed by atoms with Crippen molar-refractivity contribution in [3.05, 3.63) is 47.5 Å². The predicted octanol–water partition coefficient (Wildman–Crippen LogP) is 1.18. The molecule has 0 spiro atoms. The van der Waals surface area contributed by atoms with Gasteiger partial charge in [-0.25, -0.2) is 4.31 Å². The lowest BCUT2D eigenvalue weighted by Gasteiger charge is -2.47. The van der Waals surface area contributed by atoms with E-state index in [-0.39, 0.29) is 11.8 Å². The normalized spacial score (nSPS) is 21.9. The molecule has 2 aliphatic heterocycles. The van der Waals surface area contributed by atoms with Crippen LogP contribution in [0, 0.1) is 0 Å². The summed E-state index contributed by atoms with van der Waals surface area (Å²) >= 11 is 0.954. The molecule has 0 radical (unpaired) electrons. The summed E-state index contributed by atoms with van der Waals surface area (Å²) in [5.74, 6) is -1.43. The van der Waals surface area contributed by atoms with Crippen molar-refractivity contribution in [3.8, 4) is 0 Å². The van der Waals surface area contributed by atoms with Crippen LogP contribution in [0.4, 0.5) is 0 Å². The fourth-order valence-electron chi connectivity index (χ4n) is 2.82. The van der Waals surface area contributed by atoms with Gasteiger partial charge in [0.05, 0.1) is 11.1 Å². The van der Waals surface area contributed by atoms with Crippen LogP contribution in [-0.4, -0.2) is 50.8 Å². The molecule has 25 heavy (non-hydrogen) atoms. The number of nitrogens with one attached hydrogen (secondary N) is 1. The van der Waals surface area contributed by atoms with Gasteiger partial charge in [0.1, 0.15) is 11.4 Å². The third-order valence-electron chi connectivity index (χ3n) is 3.91. The van der Waals surface area contributed by atoms with Crippen molar-refractivity contribution in [1.29, 1.82) is 0 Å². The van der Waals surface area contributed by atoms with E-state index in [4.69, 9.17) is 0 Å². The number of fused-ring (bicyclic) bond motifs is 1. The van der Waals surface area contributed by atoms with Crippen LogP contribution in [0.3, 0.4) is 0 Å². The lowest BCUT2D eigenvalue weighted by atomic mass is 10.1. The second kappa shape index (κ2) is 6.36. The van der Waals surface area contributed by atoms with Crippen LogP contribution in [0.25, 0.3) is 0 Å². The standard InChI is InChI=1S/C17H17N3O4S/c1-9(2)8-19-16(24)13(18-10(3)21)17(19)25-20-14(22)11-6-4-5-7-12(11)15(20)23/h4-7,13,17H,1,8H2,2-3H3,(H,18,21). The van der Waals surface area contributed by atoms with Gasteiger partial charge in [-0.1, -0.05) is 24.3 Å². The van der Waals surface area contributed by atoms with Gasteiger partial charge in [-0.15, -0.1) is 0 Å². The highest BCUT2D eigenvalue weighted by Gasteiger charge is 2.51. The number of amides is 4. The third kappa shape index (κ3) is 2.93. The Kier molecular flexibility index (Phi) is 4.38. The number of β-lactam (4-membered cyclic amide) rings is 1. The zero-order valence-corrected chi connectivity index (χ0v) is 14.6. The maximum absolute atomic E-state index is 12.5. The Morgan fingerprint density at radius 3 is 2.20 bits per heavy atom. The van der Waals surface area contributed by atoms with E-state index in [2.05, 4.69) is 11.9 Å². The molecule has 7 nitrogen and oxygen atoms in total. The molecule has 2 heterocycles. The van der Waals surface area contributed by atoms with Crippen LogP contribution in [0.15, 0.2) is 36.4 Å². The van der Waals surface area contributed by atoms with Gasteiger partial charge >= 0.3 is 0 Å². The van der Waals surface area contributed by atoms with E-state index in [0.29, 0.717) is 17.7 Å². The first kappa shape index (κ1) is 17.2. The molecule has 2 unspecified atom stereocenters. The summed E-state index contributed by atoms with van der Waals surface area (Å²) in [6.07, 6.45) is 0. The maximum Gasteiger partial charge on any atom is 0.271 e. The molecule has 1 aromatic carbocycles. The minimum Gasteiger partial charge on any atom is -0.342 e. The molecule has 1 N–H and O–H groups in total. The first-order valence-corrected chi connectivity index (χ1v) is 8.51. The van der Waals surface area contributed by atoms with E-state index >= 15 is 0 Å². The van der Waals surface area contributed by atoms with Gasteiger partial charge in [-0.3, -0.25) is 19.2 Å². The zero-order valence-electron chi connectivity index (χ0n) is 13.8. The van der Waals surface area contributed by atoms with Gasteiger partial charge < -0.3 is 10.2 Å². The molecule has 130 valence electrons. The highest BCUT2D eigenvalue weighted by Crippen LogP contribution is 2.37. The Bertz CT molecular complexity index is 746. The lowest BCUT2D eigenvalue weighted by Crippen LogP contribution is -2.70. The lowest BCUT2D eigenvalue weighted by molar-refractivity contribution is -0.147. The summed E-state index contributed by atoms with van der Waals surface area (Å²) in [5.41, 5.74) is 1.45. The molecule has 8 heteroatoms. The van der Waals surface area contributed by atoms with Crippen LogP contribution < -0.4 is 5.32 Å². The average molecular weight is 359 g/mol. The monoisotopic (exact) mass is 359 g/mol. The van der Waals surface area contributed by atoms with Crippen molar-refractivity contribution in [1.82, 2.24) is 14.5 Å². The van der Waals surface area contributed by atoms with Crippen molar-refractivity contribution in [2.24, 2.45) is 0 Å². The fraction of sp³-hybridized carbons (Fsp3) is 0.294. The van der Waals surface area contributed by atoms with Crippen molar-refractivity contribution in [2.45, 2.75) is 25.3 Å². The van der Waals surface area contributed by atoms with Crippen molar-refractivity contribution < 1.29 is 19.2 Å². The highest BCUT2D eigenvalue weighted by atomic mass is 32.2. The van der Waals surface area contributed by atoms with Gasteiger partial charge in [0.25, 0.3) is 11.8 Å². The van der Waals surface area contributed by atoms with E-state index in [1.54, 1.807) is 31.2 Å². The smallest absolute Gasteiger partial charge is 0.271 e. The quantitative estimate of drug-likeness (QED) is 0.369. The molecule has 1 fully saturated rings. The molecule has 2 atom stereocenters. The van der Waals surface area contributed by atoms with Crippen molar-refractivity contribution >= 4 is 35.6 Å². The van der Waals surface area contributed by atoms with E-state index in [9.17, 15) is 19.2 Å². The highest BCUT2D eigenvalue weighted by molar-refractivity contribution is 7.98. The summed E-state index contributed by atoms with van der Waals surface area (Å²) < 4.78 is 1.06. The second-order valence-electron chi connectivity index (χ2n) is 6.05. The van der Waals surface area contributed by atoms with Crippen LogP contribution in [-0.2, 0) is 9.59 Å². The van der Waals surface area contributed by atoms with Gasteiger partial charge in [0, 0.05) is 13.5 Å². The topological polar surface area (TPSA) is 86.8 Å². The van der Waals surface area contributed by atoms with Gasteiger partial charge in [0.15, 0.2) is 0 Å². The number of rotatable bonds is 5. The van der Waals surface area contributed by atoms with Crippen molar-refractivity contribution in [2.75, 3.05) is 6.54 Å². The Morgan fingerprint density at radius 2 is 1.72 bits per heavy atom. The van der Waals surface area contributed by atoms with E-state index in [0.717, 1.165) is 21.8 Å². The molecular formula is C17H17N3O4S. The van der Waals surface area contributed by atoms with E-state index < -0.39 is 23.2 Å². The number of hydrogen-bond donors (Lipinski definition) is 1. The summed E-state index contributed by atoms with van der Waals surface area (Å²) in [5, 5.41) is 2.03. The number of likely N-dealkylation sites (tertiary alicyclic amines) is 1. The largest absolute Gasteiger partial charge is 0.342 e. The van der Waals surface area contributed by atoms with Crippen LogP contribution in [0.1, 0.15) is 34.6 Å². The van der Waals surface area contributed by atoms with Gasteiger partial charge in [0.2, 0.25) is 11.8 Å². The maximum atomic E-state index is 12.5. The van der Waals surface area contributed by atoms with E-state index in [1.807, 2.05) is 0 Å². The molecule has 0 aromatic heterocycles. The average Bonchev–Trinajstić information content (AvgIpc) is 2.81. The first-order valence-electron chi connectivity index (χ1n) is 7.68. The van der Waals surface area contributed by atoms with Crippen LogP contribution in [0.5, 0.6) is 0 Å². The number of carbonyl (C=O) groups excluding carboxylic acids is 4. The fourth-order valence-corrected chi connectivity index (χ4v) is 4.03. The van der Waals surface area contributed by atoms with Gasteiger partial charge in [-0.05, 0) is 31.0 Å². The molecule has 4 amide bonds.